The molecule has 0 saturated carbocycles. The second-order valence-electron chi connectivity index (χ2n) is 3.61. The van der Waals surface area contributed by atoms with Gasteiger partial charge in [0.15, 0.2) is 5.78 Å². The van der Waals surface area contributed by atoms with Gasteiger partial charge in [0.2, 0.25) is 0 Å². The van der Waals surface area contributed by atoms with Crippen LogP contribution in [0.3, 0.4) is 0 Å². The van der Waals surface area contributed by atoms with Crippen LogP contribution in [-0.4, -0.2) is 10.8 Å². The molecule has 2 nitrogen and oxygen atoms in total. The molecule has 0 spiro atoms. The molecule has 1 aromatic heterocycles. The van der Waals surface area contributed by atoms with Gasteiger partial charge in [0, 0.05) is 18.0 Å². The standard InChI is InChI=1S/C14H9BrFNO/c15-12-8-10(3-5-13(12)16)4-6-14(18)11-2-1-7-17-9-11/h1-9H. The Balaban J connectivity index is 2.16. The zero-order valence-electron chi connectivity index (χ0n) is 9.31. The molecule has 0 aliphatic carbocycles. The van der Waals surface area contributed by atoms with E-state index in [1.807, 2.05) is 0 Å². The fourth-order valence-electron chi connectivity index (χ4n) is 1.39. The average Bonchev–Trinajstić information content (AvgIpc) is 2.41. The highest BCUT2D eigenvalue weighted by atomic mass is 79.9. The number of halogens is 2. The largest absolute Gasteiger partial charge is 0.289 e. The van der Waals surface area contributed by atoms with Crippen LogP contribution >= 0.6 is 15.9 Å². The molecule has 0 unspecified atom stereocenters. The summed E-state index contributed by atoms with van der Waals surface area (Å²) in [4.78, 5) is 15.6. The highest BCUT2D eigenvalue weighted by molar-refractivity contribution is 9.10. The van der Waals surface area contributed by atoms with E-state index in [9.17, 15) is 9.18 Å². The Bertz CT molecular complexity index is 596. The van der Waals surface area contributed by atoms with Crippen molar-refractivity contribution in [1.82, 2.24) is 4.98 Å². The summed E-state index contributed by atoms with van der Waals surface area (Å²) in [6, 6.07) is 7.96. The minimum Gasteiger partial charge on any atom is -0.289 e. The second-order valence-corrected chi connectivity index (χ2v) is 4.47. The molecule has 0 amide bonds. The molecule has 0 aliphatic heterocycles. The summed E-state index contributed by atoms with van der Waals surface area (Å²) in [5.74, 6) is -0.464. The van der Waals surface area contributed by atoms with E-state index in [0.717, 1.165) is 5.56 Å². The van der Waals surface area contributed by atoms with Gasteiger partial charge in [-0.1, -0.05) is 12.1 Å². The second kappa shape index (κ2) is 5.69. The third kappa shape index (κ3) is 3.11. The van der Waals surface area contributed by atoms with Gasteiger partial charge in [0.1, 0.15) is 5.82 Å². The van der Waals surface area contributed by atoms with Crippen molar-refractivity contribution < 1.29 is 9.18 Å². The number of hydrogen-bond acceptors (Lipinski definition) is 2. The molecule has 2 rings (SSSR count). The summed E-state index contributed by atoms with van der Waals surface area (Å²) in [5.41, 5.74) is 1.27. The lowest BCUT2D eigenvalue weighted by Crippen LogP contribution is -1.94. The molecule has 0 aliphatic rings. The van der Waals surface area contributed by atoms with Crippen LogP contribution in [0.15, 0.2) is 53.3 Å². The van der Waals surface area contributed by atoms with Crippen LogP contribution in [0, 0.1) is 5.82 Å². The summed E-state index contributed by atoms with van der Waals surface area (Å²) in [6.07, 6.45) is 6.20. The first kappa shape index (κ1) is 12.6. The molecule has 2 aromatic rings. The SMILES string of the molecule is O=C(C=Cc1ccc(F)c(Br)c1)c1cccnc1. The van der Waals surface area contributed by atoms with Gasteiger partial charge < -0.3 is 0 Å². The number of aromatic nitrogens is 1. The Morgan fingerprint density at radius 1 is 1.33 bits per heavy atom. The number of ketones is 1. The van der Waals surface area contributed by atoms with Gasteiger partial charge in [-0.2, -0.15) is 0 Å². The van der Waals surface area contributed by atoms with E-state index in [2.05, 4.69) is 20.9 Å². The van der Waals surface area contributed by atoms with Crippen LogP contribution in [0.25, 0.3) is 6.08 Å². The van der Waals surface area contributed by atoms with Gasteiger partial charge >= 0.3 is 0 Å². The monoisotopic (exact) mass is 305 g/mol. The number of pyridine rings is 1. The maximum Gasteiger partial charge on any atom is 0.187 e. The number of benzene rings is 1. The zero-order valence-corrected chi connectivity index (χ0v) is 10.9. The number of nitrogens with zero attached hydrogens (tertiary/aromatic N) is 1. The predicted molar refractivity (Wildman–Crippen MR) is 71.7 cm³/mol. The van der Waals surface area contributed by atoms with E-state index >= 15 is 0 Å². The highest BCUT2D eigenvalue weighted by Crippen LogP contribution is 2.17. The van der Waals surface area contributed by atoms with E-state index < -0.39 is 0 Å². The molecule has 0 fully saturated rings. The van der Waals surface area contributed by atoms with E-state index in [4.69, 9.17) is 0 Å². The molecule has 18 heavy (non-hydrogen) atoms. The van der Waals surface area contributed by atoms with Gasteiger partial charge in [-0.15, -0.1) is 0 Å². The molecule has 0 saturated heterocycles. The van der Waals surface area contributed by atoms with Crippen LogP contribution in [0.5, 0.6) is 0 Å². The van der Waals surface area contributed by atoms with Crippen molar-refractivity contribution >= 4 is 27.8 Å². The Morgan fingerprint density at radius 2 is 2.17 bits per heavy atom. The van der Waals surface area contributed by atoms with Crippen molar-refractivity contribution in [3.8, 4) is 0 Å². The normalized spacial score (nSPS) is 10.8. The zero-order chi connectivity index (χ0) is 13.0. The fraction of sp³-hybridized carbons (Fsp3) is 0. The van der Waals surface area contributed by atoms with Crippen LogP contribution in [0.2, 0.25) is 0 Å². The Morgan fingerprint density at radius 3 is 2.83 bits per heavy atom. The molecule has 90 valence electrons. The molecule has 0 bridgehead atoms. The number of carbonyl (C=O) groups excluding carboxylic acids is 1. The van der Waals surface area contributed by atoms with Crippen molar-refractivity contribution in [1.29, 1.82) is 0 Å². The predicted octanol–water partition coefficient (Wildman–Crippen LogP) is 3.88. The Kier molecular flexibility index (Phi) is 3.99. The summed E-state index contributed by atoms with van der Waals surface area (Å²) >= 11 is 3.09. The van der Waals surface area contributed by atoms with E-state index in [1.165, 1.54) is 18.3 Å². The molecule has 4 heteroatoms. The number of allylic oxidation sites excluding steroid dienone is 1. The summed E-state index contributed by atoms with van der Waals surface area (Å²) in [7, 11) is 0. The number of hydrogen-bond donors (Lipinski definition) is 0. The Hall–Kier alpha value is -1.81. The maximum absolute atomic E-state index is 13.0. The molecular formula is C14H9BrFNO. The minimum absolute atomic E-state index is 0.136. The van der Waals surface area contributed by atoms with E-state index in [0.29, 0.717) is 10.0 Å². The Labute approximate surface area is 112 Å². The lowest BCUT2D eigenvalue weighted by molar-refractivity contribution is 0.104. The lowest BCUT2D eigenvalue weighted by Gasteiger charge is -1.97. The van der Waals surface area contributed by atoms with Gasteiger partial charge in [0.25, 0.3) is 0 Å². The maximum atomic E-state index is 13.0. The van der Waals surface area contributed by atoms with E-state index in [1.54, 1.807) is 36.5 Å². The molecule has 0 radical (unpaired) electrons. The average molecular weight is 306 g/mol. The first-order valence-electron chi connectivity index (χ1n) is 5.24. The van der Waals surface area contributed by atoms with Crippen molar-refractivity contribution in [2.24, 2.45) is 0 Å². The smallest absolute Gasteiger partial charge is 0.187 e. The van der Waals surface area contributed by atoms with Gasteiger partial charge in [-0.05, 0) is 51.8 Å². The molecule has 1 aromatic carbocycles. The molecule has 1 heterocycles. The molecule has 0 N–H and O–H groups in total. The summed E-state index contributed by atoms with van der Waals surface area (Å²) < 4.78 is 13.4. The third-order valence-electron chi connectivity index (χ3n) is 2.32. The third-order valence-corrected chi connectivity index (χ3v) is 2.92. The van der Waals surface area contributed by atoms with Crippen LogP contribution in [0.1, 0.15) is 15.9 Å². The minimum atomic E-state index is -0.328. The summed E-state index contributed by atoms with van der Waals surface area (Å²) in [5, 5.41) is 0. The van der Waals surface area contributed by atoms with Gasteiger partial charge in [-0.3, -0.25) is 9.78 Å². The van der Waals surface area contributed by atoms with Crippen molar-refractivity contribution in [2.75, 3.05) is 0 Å². The number of carbonyl (C=O) groups is 1. The van der Waals surface area contributed by atoms with Gasteiger partial charge in [0.05, 0.1) is 4.47 Å². The quantitative estimate of drug-likeness (QED) is 0.636. The first-order valence-corrected chi connectivity index (χ1v) is 6.03. The van der Waals surface area contributed by atoms with Crippen LogP contribution < -0.4 is 0 Å². The van der Waals surface area contributed by atoms with Gasteiger partial charge in [-0.25, -0.2) is 4.39 Å². The molecular weight excluding hydrogens is 297 g/mol. The molecule has 0 atom stereocenters. The van der Waals surface area contributed by atoms with Crippen LogP contribution in [0.4, 0.5) is 4.39 Å². The topological polar surface area (TPSA) is 30.0 Å². The van der Waals surface area contributed by atoms with Crippen LogP contribution in [-0.2, 0) is 0 Å². The first-order chi connectivity index (χ1) is 8.66. The fourth-order valence-corrected chi connectivity index (χ4v) is 1.79. The van der Waals surface area contributed by atoms with E-state index in [-0.39, 0.29) is 11.6 Å². The van der Waals surface area contributed by atoms with Crippen molar-refractivity contribution in [3.05, 3.63) is 70.2 Å². The lowest BCUT2D eigenvalue weighted by atomic mass is 10.1. The van der Waals surface area contributed by atoms with Crippen molar-refractivity contribution in [3.63, 3.8) is 0 Å². The van der Waals surface area contributed by atoms with Crippen molar-refractivity contribution in [2.45, 2.75) is 0 Å². The highest BCUT2D eigenvalue weighted by Gasteiger charge is 2.01. The number of rotatable bonds is 3. The summed E-state index contributed by atoms with van der Waals surface area (Å²) in [6.45, 7) is 0.